The van der Waals surface area contributed by atoms with Gasteiger partial charge in [0, 0.05) is 6.04 Å². The first kappa shape index (κ1) is 26.3. The molecule has 0 bridgehead atoms. The number of hydrogen-bond donors (Lipinski definition) is 1. The van der Waals surface area contributed by atoms with Crippen LogP contribution in [-0.4, -0.2) is 5.11 Å². The molecule has 5 aromatic rings. The van der Waals surface area contributed by atoms with Gasteiger partial charge in [0.1, 0.15) is 5.60 Å². The Hall–Kier alpha value is -3.29. The van der Waals surface area contributed by atoms with Gasteiger partial charge >= 0.3 is 0 Å². The van der Waals surface area contributed by atoms with Crippen molar-refractivity contribution in [3.63, 3.8) is 0 Å². The Bertz CT molecular complexity index is 1470. The van der Waals surface area contributed by atoms with Crippen LogP contribution in [0, 0.1) is 0 Å². The van der Waals surface area contributed by atoms with Crippen LogP contribution in [0.3, 0.4) is 0 Å². The molecule has 5 aromatic carbocycles. The van der Waals surface area contributed by atoms with Crippen LogP contribution in [-0.2, 0) is 22.8 Å². The smallest absolute Gasteiger partial charge is 0.140 e. The Balaban J connectivity index is 1.87. The highest BCUT2D eigenvalue weighted by atomic mass is 32.4. The van der Waals surface area contributed by atoms with Gasteiger partial charge in [-0.15, -0.1) is 0 Å². The van der Waals surface area contributed by atoms with Crippen LogP contribution in [0.4, 0.5) is 0 Å². The Labute approximate surface area is 231 Å². The molecule has 0 aliphatic rings. The van der Waals surface area contributed by atoms with Crippen LogP contribution < -0.4 is 15.9 Å². The van der Waals surface area contributed by atoms with Crippen molar-refractivity contribution in [2.24, 2.45) is 0 Å². The van der Waals surface area contributed by atoms with Gasteiger partial charge in [0.15, 0.2) is 0 Å². The molecule has 0 spiro atoms. The van der Waals surface area contributed by atoms with Crippen molar-refractivity contribution in [1.82, 2.24) is 0 Å². The van der Waals surface area contributed by atoms with Crippen molar-refractivity contribution in [3.05, 3.63) is 162 Å². The predicted octanol–water partition coefficient (Wildman–Crippen LogP) is 7.02. The zero-order chi connectivity index (χ0) is 26.8. The van der Waals surface area contributed by atoms with Crippen LogP contribution >= 0.6 is 6.04 Å². The van der Waals surface area contributed by atoms with E-state index in [1.807, 2.05) is 72.8 Å². The molecule has 190 valence electrons. The fourth-order valence-electron chi connectivity index (χ4n) is 5.02. The molecule has 0 saturated carbocycles. The largest absolute Gasteiger partial charge is 0.376 e. The van der Waals surface area contributed by atoms with Gasteiger partial charge in [0.2, 0.25) is 0 Å². The standard InChI is InChI=1S/C35H33OPS/c1-34(2,3)29-24-30(35(36,27-16-8-4-9-17-27)28-18-10-5-11-19-28)26-33(25-29)37(38,31-20-12-6-13-21-31)32-22-14-7-15-23-32/h4-26,36H,1-3H3. The molecule has 0 amide bonds. The van der Waals surface area contributed by atoms with Crippen LogP contribution in [0.25, 0.3) is 0 Å². The van der Waals surface area contributed by atoms with E-state index in [0.717, 1.165) is 38.2 Å². The molecule has 0 aromatic heterocycles. The van der Waals surface area contributed by atoms with Crippen molar-refractivity contribution >= 4 is 33.8 Å². The third-order valence-corrected chi connectivity index (χ3v) is 12.1. The van der Waals surface area contributed by atoms with E-state index in [1.54, 1.807) is 0 Å². The summed E-state index contributed by atoms with van der Waals surface area (Å²) in [4.78, 5) is 0. The van der Waals surface area contributed by atoms with E-state index < -0.39 is 11.6 Å². The molecule has 38 heavy (non-hydrogen) atoms. The molecule has 3 heteroatoms. The van der Waals surface area contributed by atoms with Crippen LogP contribution in [0.5, 0.6) is 0 Å². The second kappa shape index (κ2) is 10.5. The Morgan fingerprint density at radius 1 is 0.474 bits per heavy atom. The minimum atomic E-state index is -2.43. The molecular formula is C35H33OPS. The number of aliphatic hydroxyl groups is 1. The lowest BCUT2D eigenvalue weighted by atomic mass is 9.77. The molecule has 0 saturated heterocycles. The van der Waals surface area contributed by atoms with Crippen molar-refractivity contribution in [1.29, 1.82) is 0 Å². The molecule has 5 rings (SSSR count). The number of hydrogen-bond acceptors (Lipinski definition) is 2. The summed E-state index contributed by atoms with van der Waals surface area (Å²) in [6, 6.07) is 45.0. The minimum Gasteiger partial charge on any atom is -0.376 e. The summed E-state index contributed by atoms with van der Waals surface area (Å²) < 4.78 is 0. The summed E-state index contributed by atoms with van der Waals surface area (Å²) >= 11 is 6.73. The van der Waals surface area contributed by atoms with Crippen molar-refractivity contribution in [2.75, 3.05) is 0 Å². The molecule has 0 heterocycles. The van der Waals surface area contributed by atoms with E-state index in [0.29, 0.717) is 0 Å². The van der Waals surface area contributed by atoms with Crippen LogP contribution in [0.1, 0.15) is 43.0 Å². The van der Waals surface area contributed by atoms with Gasteiger partial charge in [-0.1, -0.05) is 160 Å². The van der Waals surface area contributed by atoms with Crippen LogP contribution in [0.15, 0.2) is 140 Å². The fraction of sp³-hybridized carbons (Fsp3) is 0.143. The summed E-state index contributed by atoms with van der Waals surface area (Å²) in [6.07, 6.45) is 0. The molecular weight excluding hydrogens is 499 g/mol. The van der Waals surface area contributed by atoms with Gasteiger partial charge < -0.3 is 5.11 Å². The fourth-order valence-corrected chi connectivity index (χ4v) is 8.78. The lowest BCUT2D eigenvalue weighted by molar-refractivity contribution is 0.125. The maximum atomic E-state index is 12.7. The average Bonchev–Trinajstić information content (AvgIpc) is 2.97. The van der Waals surface area contributed by atoms with E-state index >= 15 is 0 Å². The molecule has 0 radical (unpaired) electrons. The highest BCUT2D eigenvalue weighted by Crippen LogP contribution is 2.46. The highest BCUT2D eigenvalue weighted by Gasteiger charge is 2.36. The summed E-state index contributed by atoms with van der Waals surface area (Å²) in [6.45, 7) is 6.65. The van der Waals surface area contributed by atoms with Gasteiger partial charge in [-0.25, -0.2) is 0 Å². The van der Waals surface area contributed by atoms with E-state index in [2.05, 4.69) is 87.5 Å². The normalized spacial score (nSPS) is 12.3. The SMILES string of the molecule is CC(C)(C)c1cc(C(O)(c2ccccc2)c2ccccc2)cc(P(=S)(c2ccccc2)c2ccccc2)c1. The van der Waals surface area contributed by atoms with Gasteiger partial charge in [0.05, 0.1) is 0 Å². The first-order valence-electron chi connectivity index (χ1n) is 13.0. The predicted molar refractivity (Wildman–Crippen MR) is 166 cm³/mol. The van der Waals surface area contributed by atoms with E-state index in [1.165, 1.54) is 0 Å². The van der Waals surface area contributed by atoms with Crippen LogP contribution in [0.2, 0.25) is 0 Å². The highest BCUT2D eigenvalue weighted by molar-refractivity contribution is 8.25. The minimum absolute atomic E-state index is 0.146. The second-order valence-corrected chi connectivity index (χ2v) is 15.2. The summed E-state index contributed by atoms with van der Waals surface area (Å²) in [5.74, 6) is 0. The number of rotatable bonds is 6. The average molecular weight is 533 g/mol. The summed E-state index contributed by atoms with van der Waals surface area (Å²) in [7, 11) is 0. The molecule has 0 unspecified atom stereocenters. The topological polar surface area (TPSA) is 20.2 Å². The summed E-state index contributed by atoms with van der Waals surface area (Å²) in [5.41, 5.74) is 2.15. The quantitative estimate of drug-likeness (QED) is 0.187. The van der Waals surface area contributed by atoms with E-state index in [-0.39, 0.29) is 5.41 Å². The van der Waals surface area contributed by atoms with Crippen molar-refractivity contribution < 1.29 is 5.11 Å². The molecule has 0 fully saturated rings. The van der Waals surface area contributed by atoms with E-state index in [4.69, 9.17) is 11.8 Å². The molecule has 0 atom stereocenters. The van der Waals surface area contributed by atoms with Gasteiger partial charge in [-0.3, -0.25) is 0 Å². The first-order valence-corrected chi connectivity index (χ1v) is 15.8. The molecule has 1 nitrogen and oxygen atoms in total. The number of benzene rings is 5. The lowest BCUT2D eigenvalue weighted by Crippen LogP contribution is -2.33. The van der Waals surface area contributed by atoms with Gasteiger partial charge in [0.25, 0.3) is 0 Å². The van der Waals surface area contributed by atoms with E-state index in [9.17, 15) is 5.11 Å². The molecule has 0 aliphatic carbocycles. The summed E-state index contributed by atoms with van der Waals surface area (Å²) in [5, 5.41) is 16.1. The molecule has 1 N–H and O–H groups in total. The van der Waals surface area contributed by atoms with Gasteiger partial charge in [-0.2, -0.15) is 0 Å². The molecule has 0 aliphatic heterocycles. The third kappa shape index (κ3) is 4.81. The lowest BCUT2D eigenvalue weighted by Gasteiger charge is -2.34. The zero-order valence-electron chi connectivity index (χ0n) is 22.1. The van der Waals surface area contributed by atoms with Crippen molar-refractivity contribution in [2.45, 2.75) is 31.8 Å². The second-order valence-electron chi connectivity index (χ2n) is 10.7. The zero-order valence-corrected chi connectivity index (χ0v) is 23.8. The Morgan fingerprint density at radius 3 is 1.24 bits per heavy atom. The van der Waals surface area contributed by atoms with Gasteiger partial charge in [-0.05, 0) is 55.7 Å². The Morgan fingerprint density at radius 2 is 0.842 bits per heavy atom. The monoisotopic (exact) mass is 532 g/mol. The van der Waals surface area contributed by atoms with Crippen molar-refractivity contribution in [3.8, 4) is 0 Å². The maximum Gasteiger partial charge on any atom is 0.140 e. The maximum absolute atomic E-state index is 12.7. The Kier molecular flexibility index (Phi) is 7.25. The third-order valence-electron chi connectivity index (χ3n) is 7.19. The first-order chi connectivity index (χ1) is 18.2.